The summed E-state index contributed by atoms with van der Waals surface area (Å²) < 4.78 is 2.34. The molecule has 1 aliphatic rings. The molecule has 0 radical (unpaired) electrons. The Hall–Kier alpha value is -1.67. The Morgan fingerprint density at radius 1 is 1.09 bits per heavy atom. The maximum Gasteiger partial charge on any atom is 0.173 e. The highest BCUT2D eigenvalue weighted by molar-refractivity contribution is 5.28. The molecule has 0 amide bonds. The summed E-state index contributed by atoms with van der Waals surface area (Å²) in [7, 11) is 0. The fraction of sp³-hybridized carbons (Fsp3) is 0.450. The van der Waals surface area contributed by atoms with Crippen LogP contribution in [-0.4, -0.2) is 6.04 Å². The van der Waals surface area contributed by atoms with Crippen LogP contribution in [0.4, 0.5) is 0 Å². The van der Waals surface area contributed by atoms with Crippen molar-refractivity contribution >= 4 is 0 Å². The molecule has 1 heterocycles. The molecule has 22 heavy (non-hydrogen) atoms. The Kier molecular flexibility index (Phi) is 4.89. The molecule has 1 saturated carbocycles. The third-order valence-corrected chi connectivity index (χ3v) is 4.51. The molecule has 1 aliphatic carbocycles. The lowest BCUT2D eigenvalue weighted by atomic mass is 10.1. The van der Waals surface area contributed by atoms with Crippen molar-refractivity contribution in [3.63, 3.8) is 0 Å². The van der Waals surface area contributed by atoms with Crippen molar-refractivity contribution < 1.29 is 4.57 Å². The summed E-state index contributed by atoms with van der Waals surface area (Å²) in [5, 5.41) is 3.73. The van der Waals surface area contributed by atoms with Crippen LogP contribution in [-0.2, 0) is 19.5 Å². The zero-order chi connectivity index (χ0) is 15.4. The van der Waals surface area contributed by atoms with Crippen LogP contribution in [0.25, 0.3) is 0 Å². The molecule has 0 spiro atoms. The molecular formula is C20H27N2+. The number of nitrogens with one attached hydrogen (secondary N) is 1. The molecule has 1 aromatic carbocycles. The third kappa shape index (κ3) is 3.75. The van der Waals surface area contributed by atoms with Gasteiger partial charge in [-0.15, -0.1) is 0 Å². The summed E-state index contributed by atoms with van der Waals surface area (Å²) in [6.45, 7) is 6.55. The number of hydrogen-bond acceptors (Lipinski definition) is 1. The van der Waals surface area contributed by atoms with E-state index in [0.29, 0.717) is 12.0 Å². The van der Waals surface area contributed by atoms with E-state index in [1.807, 2.05) is 0 Å². The van der Waals surface area contributed by atoms with Crippen molar-refractivity contribution in [1.29, 1.82) is 0 Å². The smallest absolute Gasteiger partial charge is 0.173 e. The average molecular weight is 295 g/mol. The van der Waals surface area contributed by atoms with Crippen molar-refractivity contribution in [2.75, 3.05) is 0 Å². The van der Waals surface area contributed by atoms with Crippen LogP contribution in [0.2, 0.25) is 0 Å². The summed E-state index contributed by atoms with van der Waals surface area (Å²) in [6, 6.07) is 13.9. The van der Waals surface area contributed by atoms with Gasteiger partial charge in [0.1, 0.15) is 6.54 Å². The first kappa shape index (κ1) is 15.2. The Bertz CT molecular complexity index is 606. The number of pyridine rings is 1. The summed E-state index contributed by atoms with van der Waals surface area (Å²) >= 11 is 0. The van der Waals surface area contributed by atoms with E-state index in [-0.39, 0.29) is 0 Å². The van der Waals surface area contributed by atoms with E-state index in [1.165, 1.54) is 29.5 Å². The van der Waals surface area contributed by atoms with Crippen LogP contribution in [0.15, 0.2) is 48.8 Å². The molecule has 2 atom stereocenters. The number of rotatable bonds is 7. The molecule has 0 bridgehead atoms. The second kappa shape index (κ2) is 7.06. The minimum atomic E-state index is 0.646. The zero-order valence-electron chi connectivity index (χ0n) is 13.8. The Balaban J connectivity index is 1.59. The standard InChI is InChI=1S/C20H27N2/c1-3-10-22-14-16(4-2)11-17(15-22)13-21-20-12-19(20)18-8-6-5-7-9-18/h5-9,11,14-15,19-21H,3-4,10,12-13H2,1-2H3/q+1. The van der Waals surface area contributed by atoms with Crippen LogP contribution < -0.4 is 9.88 Å². The quantitative estimate of drug-likeness (QED) is 0.772. The third-order valence-electron chi connectivity index (χ3n) is 4.51. The lowest BCUT2D eigenvalue weighted by Gasteiger charge is -2.06. The summed E-state index contributed by atoms with van der Waals surface area (Å²) in [6.07, 6.45) is 8.15. The SMILES string of the molecule is CCC[n+]1cc(CC)cc(CNC2CC2c2ccccc2)c1. The second-order valence-corrected chi connectivity index (χ2v) is 6.38. The van der Waals surface area contributed by atoms with Crippen molar-refractivity contribution in [1.82, 2.24) is 5.32 Å². The van der Waals surface area contributed by atoms with Gasteiger partial charge in [0.05, 0.1) is 0 Å². The first-order valence-corrected chi connectivity index (χ1v) is 8.60. The molecular weight excluding hydrogens is 268 g/mol. The van der Waals surface area contributed by atoms with Gasteiger partial charge in [-0.05, 0) is 24.5 Å². The van der Waals surface area contributed by atoms with E-state index in [4.69, 9.17) is 0 Å². The average Bonchev–Trinajstić information content (AvgIpc) is 3.33. The van der Waals surface area contributed by atoms with Gasteiger partial charge in [0.25, 0.3) is 0 Å². The molecule has 2 heteroatoms. The molecule has 2 aromatic rings. The topological polar surface area (TPSA) is 15.9 Å². The van der Waals surface area contributed by atoms with Gasteiger partial charge in [0, 0.05) is 36.1 Å². The van der Waals surface area contributed by atoms with E-state index in [1.54, 1.807) is 0 Å². The van der Waals surface area contributed by atoms with Gasteiger partial charge in [-0.1, -0.05) is 44.2 Å². The maximum absolute atomic E-state index is 3.73. The monoisotopic (exact) mass is 295 g/mol. The van der Waals surface area contributed by atoms with Gasteiger partial charge in [-0.25, -0.2) is 4.57 Å². The van der Waals surface area contributed by atoms with E-state index in [9.17, 15) is 0 Å². The first-order valence-electron chi connectivity index (χ1n) is 8.60. The summed E-state index contributed by atoms with van der Waals surface area (Å²) in [4.78, 5) is 0. The van der Waals surface area contributed by atoms with Gasteiger partial charge in [-0.2, -0.15) is 0 Å². The van der Waals surface area contributed by atoms with E-state index < -0.39 is 0 Å². The molecule has 3 rings (SSSR count). The Labute approximate surface area is 134 Å². The molecule has 2 nitrogen and oxygen atoms in total. The van der Waals surface area contributed by atoms with Crippen molar-refractivity contribution in [2.45, 2.75) is 58.2 Å². The van der Waals surface area contributed by atoms with Crippen LogP contribution in [0.3, 0.4) is 0 Å². The van der Waals surface area contributed by atoms with Crippen LogP contribution in [0, 0.1) is 0 Å². The molecule has 2 unspecified atom stereocenters. The maximum atomic E-state index is 3.73. The van der Waals surface area contributed by atoms with Crippen molar-refractivity contribution in [3.8, 4) is 0 Å². The lowest BCUT2D eigenvalue weighted by molar-refractivity contribution is -0.697. The number of aromatic nitrogens is 1. The first-order chi connectivity index (χ1) is 10.8. The lowest BCUT2D eigenvalue weighted by Crippen LogP contribution is -2.34. The predicted octanol–water partition coefficient (Wildman–Crippen LogP) is 3.59. The zero-order valence-corrected chi connectivity index (χ0v) is 13.8. The number of hydrogen-bond donors (Lipinski definition) is 1. The highest BCUT2D eigenvalue weighted by atomic mass is 15.0. The number of nitrogens with zero attached hydrogens (tertiary/aromatic N) is 1. The predicted molar refractivity (Wildman–Crippen MR) is 90.7 cm³/mol. The van der Waals surface area contributed by atoms with E-state index in [0.717, 1.165) is 19.5 Å². The largest absolute Gasteiger partial charge is 0.309 e. The summed E-state index contributed by atoms with van der Waals surface area (Å²) in [5.74, 6) is 0.707. The van der Waals surface area contributed by atoms with E-state index in [2.05, 4.69) is 72.5 Å². The minimum absolute atomic E-state index is 0.646. The summed E-state index contributed by atoms with van der Waals surface area (Å²) in [5.41, 5.74) is 4.32. The van der Waals surface area contributed by atoms with Crippen LogP contribution >= 0.6 is 0 Å². The van der Waals surface area contributed by atoms with Gasteiger partial charge in [0.15, 0.2) is 12.4 Å². The molecule has 1 fully saturated rings. The van der Waals surface area contributed by atoms with Crippen LogP contribution in [0.5, 0.6) is 0 Å². The molecule has 0 saturated heterocycles. The highest BCUT2D eigenvalue weighted by Crippen LogP contribution is 2.40. The van der Waals surface area contributed by atoms with Gasteiger partial charge < -0.3 is 5.32 Å². The molecule has 0 aliphatic heterocycles. The minimum Gasteiger partial charge on any atom is -0.309 e. The van der Waals surface area contributed by atoms with Gasteiger partial charge in [-0.3, -0.25) is 0 Å². The molecule has 1 N–H and O–H groups in total. The molecule has 1 aromatic heterocycles. The fourth-order valence-corrected chi connectivity index (χ4v) is 3.19. The van der Waals surface area contributed by atoms with Gasteiger partial charge >= 0.3 is 0 Å². The Morgan fingerprint density at radius 2 is 1.86 bits per heavy atom. The number of aryl methyl sites for hydroxylation is 2. The van der Waals surface area contributed by atoms with Crippen molar-refractivity contribution in [2.24, 2.45) is 0 Å². The fourth-order valence-electron chi connectivity index (χ4n) is 3.19. The van der Waals surface area contributed by atoms with Gasteiger partial charge in [0.2, 0.25) is 0 Å². The Morgan fingerprint density at radius 3 is 2.59 bits per heavy atom. The number of benzene rings is 1. The van der Waals surface area contributed by atoms with Crippen LogP contribution in [0.1, 0.15) is 49.3 Å². The highest BCUT2D eigenvalue weighted by Gasteiger charge is 2.37. The second-order valence-electron chi connectivity index (χ2n) is 6.38. The van der Waals surface area contributed by atoms with Crippen molar-refractivity contribution in [3.05, 3.63) is 65.5 Å². The van der Waals surface area contributed by atoms with E-state index >= 15 is 0 Å². The molecule has 116 valence electrons. The normalized spacial score (nSPS) is 20.1.